The van der Waals surface area contributed by atoms with Gasteiger partial charge in [-0.2, -0.15) is 10.1 Å². The van der Waals surface area contributed by atoms with E-state index in [0.29, 0.717) is 11.5 Å². The third-order valence-corrected chi connectivity index (χ3v) is 6.32. The molecule has 0 aliphatic carbocycles. The largest absolute Gasteiger partial charge is 0.480 e. The molecule has 7 nitrogen and oxygen atoms in total. The number of nitrogens with one attached hydrogen (secondary N) is 1. The van der Waals surface area contributed by atoms with Gasteiger partial charge in [-0.05, 0) is 42.3 Å². The Morgan fingerprint density at radius 2 is 1.82 bits per heavy atom. The number of nitrogens with zero attached hydrogens (tertiary/aromatic N) is 3. The van der Waals surface area contributed by atoms with Crippen LogP contribution in [0.25, 0.3) is 5.70 Å². The first-order valence-corrected chi connectivity index (χ1v) is 11.1. The summed E-state index contributed by atoms with van der Waals surface area (Å²) in [6.45, 7) is 2.07. The summed E-state index contributed by atoms with van der Waals surface area (Å²) in [5.74, 6) is 1.10. The third-order valence-electron chi connectivity index (χ3n) is 6.32. The fourth-order valence-electron chi connectivity index (χ4n) is 4.73. The van der Waals surface area contributed by atoms with Gasteiger partial charge in [0.15, 0.2) is 0 Å². The minimum atomic E-state index is -0.396. The number of esters is 1. The number of anilines is 1. The Kier molecular flexibility index (Phi) is 4.69. The van der Waals surface area contributed by atoms with Gasteiger partial charge in [-0.25, -0.2) is 9.48 Å². The molecule has 0 spiro atoms. The zero-order valence-electron chi connectivity index (χ0n) is 18.7. The van der Waals surface area contributed by atoms with Gasteiger partial charge in [0.05, 0.1) is 18.4 Å². The normalized spacial score (nSPS) is 18.2. The second kappa shape index (κ2) is 7.88. The molecule has 2 aliphatic heterocycles. The lowest BCUT2D eigenvalue weighted by molar-refractivity contribution is 0.0600. The molecule has 4 aromatic rings. The maximum atomic E-state index is 12.0. The summed E-state index contributed by atoms with van der Waals surface area (Å²) < 4.78 is 13.4. The van der Waals surface area contributed by atoms with E-state index >= 15 is 0 Å². The number of aromatic nitrogens is 3. The van der Waals surface area contributed by atoms with E-state index in [1.807, 2.05) is 47.1 Å². The predicted octanol–water partition coefficient (Wildman–Crippen LogP) is 4.93. The van der Waals surface area contributed by atoms with Crippen molar-refractivity contribution in [2.24, 2.45) is 0 Å². The Balaban J connectivity index is 1.57. The second-order valence-electron chi connectivity index (χ2n) is 8.41. The summed E-state index contributed by atoms with van der Waals surface area (Å²) in [7, 11) is 1.38. The predicted molar refractivity (Wildman–Crippen MR) is 127 cm³/mol. The first-order valence-electron chi connectivity index (χ1n) is 11.1. The number of ether oxygens (including phenoxy) is 2. The molecule has 2 atom stereocenters. The van der Waals surface area contributed by atoms with Crippen LogP contribution in [-0.2, 0) is 4.74 Å². The Labute approximate surface area is 196 Å². The third kappa shape index (κ3) is 3.16. The van der Waals surface area contributed by atoms with Crippen molar-refractivity contribution >= 4 is 17.6 Å². The van der Waals surface area contributed by atoms with Crippen molar-refractivity contribution in [3.05, 3.63) is 113 Å². The van der Waals surface area contributed by atoms with Crippen molar-refractivity contribution in [3.8, 4) is 5.75 Å². The zero-order chi connectivity index (χ0) is 23.2. The molecule has 168 valence electrons. The van der Waals surface area contributed by atoms with Crippen molar-refractivity contribution in [1.29, 1.82) is 0 Å². The average molecular weight is 450 g/mol. The van der Waals surface area contributed by atoms with Gasteiger partial charge in [0.1, 0.15) is 24.2 Å². The zero-order valence-corrected chi connectivity index (χ0v) is 18.7. The van der Waals surface area contributed by atoms with Crippen LogP contribution in [0.1, 0.15) is 44.8 Å². The van der Waals surface area contributed by atoms with E-state index in [-0.39, 0.29) is 12.0 Å². The minimum absolute atomic E-state index is 0.214. The lowest BCUT2D eigenvalue weighted by atomic mass is 9.84. The summed E-state index contributed by atoms with van der Waals surface area (Å²) in [6.07, 6.45) is 1.17. The molecule has 7 heteroatoms. The number of aryl methyl sites for hydroxylation is 1. The lowest BCUT2D eigenvalue weighted by Crippen LogP contribution is -2.32. The van der Waals surface area contributed by atoms with Crippen LogP contribution in [0.15, 0.2) is 84.7 Å². The van der Waals surface area contributed by atoms with E-state index in [1.165, 1.54) is 7.11 Å². The molecule has 0 saturated carbocycles. The smallest absolute Gasteiger partial charge is 0.337 e. The van der Waals surface area contributed by atoms with Crippen LogP contribution < -0.4 is 10.1 Å². The molecule has 34 heavy (non-hydrogen) atoms. The van der Waals surface area contributed by atoms with Crippen LogP contribution in [0.2, 0.25) is 0 Å². The number of carbonyl (C=O) groups is 1. The van der Waals surface area contributed by atoms with Gasteiger partial charge in [-0.15, -0.1) is 0 Å². The molecule has 0 saturated heterocycles. The van der Waals surface area contributed by atoms with Crippen LogP contribution in [0, 0.1) is 6.92 Å². The summed E-state index contributed by atoms with van der Waals surface area (Å²) in [5, 5.41) is 8.06. The van der Waals surface area contributed by atoms with E-state index in [0.717, 1.165) is 39.3 Å². The van der Waals surface area contributed by atoms with E-state index < -0.39 is 6.10 Å². The van der Waals surface area contributed by atoms with E-state index in [2.05, 4.69) is 40.5 Å². The molecule has 1 aromatic heterocycles. The Morgan fingerprint density at radius 3 is 2.59 bits per heavy atom. The molecule has 0 fully saturated rings. The van der Waals surface area contributed by atoms with E-state index in [9.17, 15) is 4.79 Å². The molecule has 1 N–H and O–H groups in total. The van der Waals surface area contributed by atoms with Crippen LogP contribution in [0.4, 0.5) is 5.95 Å². The SMILES string of the molecule is COC(=O)c1ccc([C@H]2Oc3ccc(C)cc3C3=C2[C@H](c2ccccc2)n2ncnc2N3)cc1. The Bertz CT molecular complexity index is 1420. The summed E-state index contributed by atoms with van der Waals surface area (Å²) >= 11 is 0. The van der Waals surface area contributed by atoms with Crippen LogP contribution in [0.3, 0.4) is 0 Å². The summed E-state index contributed by atoms with van der Waals surface area (Å²) in [5.41, 5.74) is 6.64. The first-order chi connectivity index (χ1) is 16.6. The fourth-order valence-corrected chi connectivity index (χ4v) is 4.73. The maximum Gasteiger partial charge on any atom is 0.337 e. The van der Waals surface area contributed by atoms with Crippen molar-refractivity contribution in [2.75, 3.05) is 12.4 Å². The van der Waals surface area contributed by atoms with Gasteiger partial charge in [0.2, 0.25) is 5.95 Å². The van der Waals surface area contributed by atoms with Crippen LogP contribution in [0.5, 0.6) is 5.75 Å². The van der Waals surface area contributed by atoms with Crippen LogP contribution >= 0.6 is 0 Å². The number of methoxy groups -OCH3 is 1. The molecule has 0 amide bonds. The van der Waals surface area contributed by atoms with Gasteiger partial charge in [-0.1, -0.05) is 54.1 Å². The molecule has 0 radical (unpaired) electrons. The highest BCUT2D eigenvalue weighted by Gasteiger charge is 2.40. The quantitative estimate of drug-likeness (QED) is 0.446. The highest BCUT2D eigenvalue weighted by atomic mass is 16.5. The molecule has 3 heterocycles. The topological polar surface area (TPSA) is 78.3 Å². The van der Waals surface area contributed by atoms with E-state index in [1.54, 1.807) is 18.5 Å². The number of carbonyl (C=O) groups excluding carboxylic acids is 1. The minimum Gasteiger partial charge on any atom is -0.480 e. The highest BCUT2D eigenvalue weighted by molar-refractivity contribution is 5.89. The monoisotopic (exact) mass is 450 g/mol. The van der Waals surface area contributed by atoms with Crippen LogP contribution in [-0.4, -0.2) is 27.8 Å². The first kappa shape index (κ1) is 20.2. The highest BCUT2D eigenvalue weighted by Crippen LogP contribution is 2.50. The lowest BCUT2D eigenvalue weighted by Gasteiger charge is -2.39. The number of benzene rings is 3. The molecule has 2 aliphatic rings. The molecule has 0 unspecified atom stereocenters. The number of rotatable bonds is 3. The fraction of sp³-hybridized carbons (Fsp3) is 0.148. The Hall–Kier alpha value is -4.39. The van der Waals surface area contributed by atoms with Crippen molar-refractivity contribution in [2.45, 2.75) is 19.1 Å². The van der Waals surface area contributed by atoms with Gasteiger partial charge >= 0.3 is 5.97 Å². The van der Waals surface area contributed by atoms with Gasteiger partial charge in [0, 0.05) is 11.1 Å². The summed E-state index contributed by atoms with van der Waals surface area (Å²) in [6, 6.07) is 23.6. The van der Waals surface area contributed by atoms with Crippen molar-refractivity contribution < 1.29 is 14.3 Å². The van der Waals surface area contributed by atoms with Crippen molar-refractivity contribution in [3.63, 3.8) is 0 Å². The standard InChI is InChI=1S/C27H22N4O3/c1-16-8-13-21-20(14-16)23-22(25(34-21)18-9-11-19(12-10-18)26(32)33-2)24(17-6-4-3-5-7-17)31-27(30-23)28-15-29-31/h3-15,24-25H,1-2H3,(H,28,29,30)/t24-,25+/m0/s1. The molecular weight excluding hydrogens is 428 g/mol. The molecule has 3 aromatic carbocycles. The average Bonchev–Trinajstić information content (AvgIpc) is 3.35. The summed E-state index contributed by atoms with van der Waals surface area (Å²) in [4.78, 5) is 16.4. The van der Waals surface area contributed by atoms with Gasteiger partial charge in [0.25, 0.3) is 0 Å². The number of hydrogen-bond donors (Lipinski definition) is 1. The number of hydrogen-bond acceptors (Lipinski definition) is 6. The molecule has 0 bridgehead atoms. The van der Waals surface area contributed by atoms with Gasteiger partial charge in [-0.3, -0.25) is 0 Å². The van der Waals surface area contributed by atoms with Crippen molar-refractivity contribution in [1.82, 2.24) is 14.8 Å². The number of fused-ring (bicyclic) bond motifs is 3. The molecule has 6 rings (SSSR count). The van der Waals surface area contributed by atoms with E-state index in [4.69, 9.17) is 9.47 Å². The second-order valence-corrected chi connectivity index (χ2v) is 8.41. The van der Waals surface area contributed by atoms with Gasteiger partial charge < -0.3 is 14.8 Å². The maximum absolute atomic E-state index is 12.0. The Morgan fingerprint density at radius 1 is 1.03 bits per heavy atom. The molecular formula is C27H22N4O3.